The van der Waals surface area contributed by atoms with E-state index in [1.165, 1.54) is 0 Å². The quantitative estimate of drug-likeness (QED) is 0.537. The molecule has 0 saturated heterocycles. The van der Waals surface area contributed by atoms with Gasteiger partial charge in [-0.25, -0.2) is 0 Å². The van der Waals surface area contributed by atoms with Gasteiger partial charge in [0.2, 0.25) is 5.91 Å². The van der Waals surface area contributed by atoms with E-state index in [9.17, 15) is 4.79 Å². The number of rotatable bonds is 4. The van der Waals surface area contributed by atoms with Crippen molar-refractivity contribution in [3.05, 3.63) is 0 Å². The van der Waals surface area contributed by atoms with Crippen molar-refractivity contribution in [1.29, 1.82) is 0 Å². The minimum absolute atomic E-state index is 0.0362. The van der Waals surface area contributed by atoms with E-state index in [0.717, 1.165) is 0 Å². The van der Waals surface area contributed by atoms with Crippen molar-refractivity contribution >= 4 is 5.91 Å². The summed E-state index contributed by atoms with van der Waals surface area (Å²) >= 11 is 0. The molecule has 1 unspecified atom stereocenters. The number of likely N-dealkylation sites (N-methyl/N-ethyl adjacent to an activating group) is 1. The highest BCUT2D eigenvalue weighted by Gasteiger charge is 2.25. The molecule has 0 aliphatic rings. The number of aliphatic hydroxyl groups is 1. The molecule has 12 heavy (non-hydrogen) atoms. The highest BCUT2D eigenvalue weighted by atomic mass is 16.3. The van der Waals surface area contributed by atoms with E-state index in [1.807, 2.05) is 0 Å². The average molecular weight is 174 g/mol. The Bertz CT molecular complexity index is 157. The molecule has 0 fully saturated rings. The van der Waals surface area contributed by atoms with Crippen molar-refractivity contribution in [3.8, 4) is 0 Å². The van der Waals surface area contributed by atoms with Gasteiger partial charge in [-0.2, -0.15) is 0 Å². The van der Waals surface area contributed by atoms with Crippen LogP contribution in [0.25, 0.3) is 0 Å². The number of amides is 1. The summed E-state index contributed by atoms with van der Waals surface area (Å²) in [6, 6.07) is -0.190. The third-order valence-electron chi connectivity index (χ3n) is 1.84. The van der Waals surface area contributed by atoms with Crippen LogP contribution in [0.3, 0.4) is 0 Å². The number of carbonyl (C=O) groups is 1. The Morgan fingerprint density at radius 1 is 1.58 bits per heavy atom. The van der Waals surface area contributed by atoms with Crippen molar-refractivity contribution in [2.45, 2.75) is 32.4 Å². The predicted octanol–water partition coefficient (Wildman–Crippen LogP) is -0.519. The second-order valence-corrected chi connectivity index (χ2v) is 3.43. The summed E-state index contributed by atoms with van der Waals surface area (Å²) in [7, 11) is 1.73. The van der Waals surface area contributed by atoms with Crippen LogP contribution in [-0.4, -0.2) is 36.2 Å². The lowest BCUT2D eigenvalue weighted by Gasteiger charge is -2.24. The van der Waals surface area contributed by atoms with E-state index in [0.29, 0.717) is 0 Å². The first kappa shape index (κ1) is 11.4. The van der Waals surface area contributed by atoms with Gasteiger partial charge < -0.3 is 15.7 Å². The fraction of sp³-hybridized carbons (Fsp3) is 0.875. The molecule has 0 aromatic carbocycles. The van der Waals surface area contributed by atoms with Crippen LogP contribution in [-0.2, 0) is 4.79 Å². The number of nitrogens with one attached hydrogen (secondary N) is 2. The van der Waals surface area contributed by atoms with Crippen molar-refractivity contribution in [3.63, 3.8) is 0 Å². The summed E-state index contributed by atoms with van der Waals surface area (Å²) in [5.74, 6) is -0.105. The van der Waals surface area contributed by atoms with Crippen molar-refractivity contribution < 1.29 is 9.90 Å². The van der Waals surface area contributed by atoms with Crippen molar-refractivity contribution in [2.24, 2.45) is 0 Å². The number of hydrogen-bond donors (Lipinski definition) is 3. The second kappa shape index (κ2) is 4.42. The van der Waals surface area contributed by atoms with Gasteiger partial charge in [0, 0.05) is 6.04 Å². The van der Waals surface area contributed by atoms with Crippen LogP contribution in [0.2, 0.25) is 0 Å². The minimum Gasteiger partial charge on any atom is -0.394 e. The second-order valence-electron chi connectivity index (χ2n) is 3.43. The SMILES string of the molecule is CNC(C)(C)C(=O)NC(C)CO. The third-order valence-corrected chi connectivity index (χ3v) is 1.84. The monoisotopic (exact) mass is 174 g/mol. The molecule has 3 N–H and O–H groups in total. The number of carbonyl (C=O) groups excluding carboxylic acids is 1. The Kier molecular flexibility index (Phi) is 4.20. The van der Waals surface area contributed by atoms with Crippen LogP contribution in [0.1, 0.15) is 20.8 Å². The van der Waals surface area contributed by atoms with Gasteiger partial charge in [0.1, 0.15) is 0 Å². The molecule has 0 aliphatic carbocycles. The fourth-order valence-electron chi connectivity index (χ4n) is 0.563. The highest BCUT2D eigenvalue weighted by molar-refractivity contribution is 5.85. The van der Waals surface area contributed by atoms with Gasteiger partial charge in [-0.1, -0.05) is 0 Å². The maximum Gasteiger partial charge on any atom is 0.240 e. The van der Waals surface area contributed by atoms with Gasteiger partial charge >= 0.3 is 0 Å². The molecule has 0 radical (unpaired) electrons. The van der Waals surface area contributed by atoms with E-state index in [1.54, 1.807) is 27.8 Å². The summed E-state index contributed by atoms with van der Waals surface area (Å²) in [5, 5.41) is 14.2. The van der Waals surface area contributed by atoms with Gasteiger partial charge in [-0.15, -0.1) is 0 Å². The van der Waals surface area contributed by atoms with Crippen LogP contribution >= 0.6 is 0 Å². The molecule has 0 spiro atoms. The fourth-order valence-corrected chi connectivity index (χ4v) is 0.563. The lowest BCUT2D eigenvalue weighted by atomic mass is 10.0. The van der Waals surface area contributed by atoms with Crippen LogP contribution in [0.15, 0.2) is 0 Å². The molecule has 4 heteroatoms. The van der Waals surface area contributed by atoms with Crippen LogP contribution < -0.4 is 10.6 Å². The first-order valence-electron chi connectivity index (χ1n) is 4.04. The Morgan fingerprint density at radius 3 is 2.42 bits per heavy atom. The first-order chi connectivity index (χ1) is 5.44. The zero-order valence-corrected chi connectivity index (χ0v) is 8.14. The van der Waals surface area contributed by atoms with Gasteiger partial charge in [0.25, 0.3) is 0 Å². The molecule has 1 amide bonds. The summed E-state index contributed by atoms with van der Waals surface area (Å²) in [4.78, 5) is 11.4. The Labute approximate surface area is 73.3 Å². The van der Waals surface area contributed by atoms with E-state index < -0.39 is 5.54 Å². The topological polar surface area (TPSA) is 61.4 Å². The molecule has 0 heterocycles. The first-order valence-corrected chi connectivity index (χ1v) is 4.04. The summed E-state index contributed by atoms with van der Waals surface area (Å²) in [6.07, 6.45) is 0. The summed E-state index contributed by atoms with van der Waals surface area (Å²) < 4.78 is 0. The molecule has 1 atom stereocenters. The third kappa shape index (κ3) is 3.19. The number of hydrogen-bond acceptors (Lipinski definition) is 3. The average Bonchev–Trinajstić information content (AvgIpc) is 2.04. The largest absolute Gasteiger partial charge is 0.394 e. The molecule has 0 bridgehead atoms. The zero-order valence-electron chi connectivity index (χ0n) is 8.14. The van der Waals surface area contributed by atoms with E-state index in [2.05, 4.69) is 10.6 Å². The predicted molar refractivity (Wildman–Crippen MR) is 47.8 cm³/mol. The highest BCUT2D eigenvalue weighted by Crippen LogP contribution is 2.00. The van der Waals surface area contributed by atoms with Gasteiger partial charge in [0.05, 0.1) is 12.1 Å². The molecule has 72 valence electrons. The molecular formula is C8H18N2O2. The van der Waals surface area contributed by atoms with E-state index in [4.69, 9.17) is 5.11 Å². The lowest BCUT2D eigenvalue weighted by Crippen LogP contribution is -2.53. The Morgan fingerprint density at radius 2 is 2.08 bits per heavy atom. The normalized spacial score (nSPS) is 14.1. The molecule has 0 aromatic heterocycles. The minimum atomic E-state index is -0.580. The zero-order chi connectivity index (χ0) is 9.78. The van der Waals surface area contributed by atoms with E-state index in [-0.39, 0.29) is 18.6 Å². The molecule has 0 aromatic rings. The standard InChI is InChI=1S/C8H18N2O2/c1-6(5-11)10-7(12)8(2,3)9-4/h6,9,11H,5H2,1-4H3,(H,10,12). The lowest BCUT2D eigenvalue weighted by molar-refractivity contribution is -0.127. The molecule has 4 nitrogen and oxygen atoms in total. The molecule has 0 saturated carbocycles. The van der Waals surface area contributed by atoms with Gasteiger partial charge in [-0.3, -0.25) is 4.79 Å². The van der Waals surface area contributed by atoms with Crippen molar-refractivity contribution in [2.75, 3.05) is 13.7 Å². The maximum atomic E-state index is 11.4. The molecule has 0 rings (SSSR count). The maximum absolute atomic E-state index is 11.4. The van der Waals surface area contributed by atoms with Crippen LogP contribution in [0.5, 0.6) is 0 Å². The summed E-state index contributed by atoms with van der Waals surface area (Å²) in [6.45, 7) is 5.29. The molecular weight excluding hydrogens is 156 g/mol. The molecule has 0 aliphatic heterocycles. The Hall–Kier alpha value is -0.610. The van der Waals surface area contributed by atoms with Crippen LogP contribution in [0, 0.1) is 0 Å². The van der Waals surface area contributed by atoms with Gasteiger partial charge in [0.15, 0.2) is 0 Å². The van der Waals surface area contributed by atoms with Gasteiger partial charge in [-0.05, 0) is 27.8 Å². The Balaban J connectivity index is 4.03. The van der Waals surface area contributed by atoms with E-state index >= 15 is 0 Å². The summed E-state index contributed by atoms with van der Waals surface area (Å²) in [5.41, 5.74) is -0.580. The van der Waals surface area contributed by atoms with Crippen LogP contribution in [0.4, 0.5) is 0 Å². The number of aliphatic hydroxyl groups excluding tert-OH is 1. The van der Waals surface area contributed by atoms with Crippen molar-refractivity contribution in [1.82, 2.24) is 10.6 Å². The smallest absolute Gasteiger partial charge is 0.240 e.